The molecule has 0 amide bonds. The lowest BCUT2D eigenvalue weighted by Crippen LogP contribution is -2.51. The molecule has 4 heteroatoms. The van der Waals surface area contributed by atoms with E-state index in [0.717, 1.165) is 54.7 Å². The van der Waals surface area contributed by atoms with E-state index in [1.165, 1.54) is 0 Å². The number of benzene rings is 1. The average molecular weight is 325 g/mol. The summed E-state index contributed by atoms with van der Waals surface area (Å²) in [5.74, 6) is 0.979. The van der Waals surface area contributed by atoms with Gasteiger partial charge in [0.05, 0.1) is 0 Å². The third kappa shape index (κ3) is 2.54. The van der Waals surface area contributed by atoms with Crippen molar-refractivity contribution in [3.63, 3.8) is 0 Å². The number of fused-ring (bicyclic) bond motifs is 1. The van der Waals surface area contributed by atoms with Crippen LogP contribution >= 0.6 is 15.9 Å². The van der Waals surface area contributed by atoms with Crippen LogP contribution in [0.15, 0.2) is 22.7 Å². The Hall–Kier alpha value is -0.580. The Bertz CT molecular complexity index is 469. The Balaban J connectivity index is 1.83. The van der Waals surface area contributed by atoms with E-state index in [-0.39, 0.29) is 11.6 Å². The predicted octanol–water partition coefficient (Wildman–Crippen LogP) is 3.09. The summed E-state index contributed by atoms with van der Waals surface area (Å²) < 4.78 is 7.42. The zero-order chi connectivity index (χ0) is 13.5. The summed E-state index contributed by atoms with van der Waals surface area (Å²) in [5.41, 5.74) is 7.47. The molecule has 2 N–H and O–H groups in total. The fourth-order valence-corrected chi connectivity index (χ4v) is 3.65. The van der Waals surface area contributed by atoms with E-state index in [9.17, 15) is 0 Å². The van der Waals surface area contributed by atoms with E-state index in [2.05, 4.69) is 33.8 Å². The zero-order valence-corrected chi connectivity index (χ0v) is 12.9. The Morgan fingerprint density at radius 2 is 2.16 bits per heavy atom. The van der Waals surface area contributed by atoms with Crippen LogP contribution in [-0.4, -0.2) is 30.1 Å². The van der Waals surface area contributed by atoms with Crippen molar-refractivity contribution >= 4 is 15.9 Å². The van der Waals surface area contributed by atoms with Gasteiger partial charge in [0.1, 0.15) is 11.4 Å². The fraction of sp³-hybridized carbons (Fsp3) is 0.600. The van der Waals surface area contributed by atoms with Gasteiger partial charge in [0, 0.05) is 35.6 Å². The highest BCUT2D eigenvalue weighted by Gasteiger charge is 2.42. The third-order valence-corrected chi connectivity index (χ3v) is 5.00. The second kappa shape index (κ2) is 5.08. The number of nitrogens with two attached hydrogens (primary N) is 1. The maximum atomic E-state index is 6.37. The molecule has 2 aliphatic heterocycles. The highest BCUT2D eigenvalue weighted by atomic mass is 79.9. The summed E-state index contributed by atoms with van der Waals surface area (Å²) in [6, 6.07) is 6.26. The van der Waals surface area contributed by atoms with Crippen LogP contribution < -0.4 is 10.5 Å². The number of nitrogens with zero attached hydrogens (tertiary/aromatic N) is 1. The summed E-state index contributed by atoms with van der Waals surface area (Å²) in [6.45, 7) is 5.59. The average Bonchev–Trinajstić information content (AvgIpc) is 2.41. The highest BCUT2D eigenvalue weighted by Crippen LogP contribution is 2.43. The molecule has 1 spiro atoms. The van der Waals surface area contributed by atoms with Crippen molar-refractivity contribution in [1.82, 2.24) is 4.90 Å². The van der Waals surface area contributed by atoms with Crippen molar-refractivity contribution in [1.29, 1.82) is 0 Å². The summed E-state index contributed by atoms with van der Waals surface area (Å²) in [6.07, 6.45) is 3.11. The quantitative estimate of drug-likeness (QED) is 0.862. The molecule has 0 saturated carbocycles. The Labute approximate surface area is 123 Å². The number of halogens is 1. The first kappa shape index (κ1) is 13.4. The first-order valence-electron chi connectivity index (χ1n) is 7.08. The topological polar surface area (TPSA) is 38.5 Å². The van der Waals surface area contributed by atoms with E-state index < -0.39 is 0 Å². The van der Waals surface area contributed by atoms with Crippen molar-refractivity contribution in [2.45, 2.75) is 37.8 Å². The predicted molar refractivity (Wildman–Crippen MR) is 80.4 cm³/mol. The molecule has 0 unspecified atom stereocenters. The second-order valence-corrected chi connectivity index (χ2v) is 6.63. The van der Waals surface area contributed by atoms with Gasteiger partial charge >= 0.3 is 0 Å². The van der Waals surface area contributed by atoms with Gasteiger partial charge in [-0.3, -0.25) is 0 Å². The molecule has 0 aliphatic carbocycles. The number of hydrogen-bond donors (Lipinski definition) is 1. The minimum absolute atomic E-state index is 0.0358. The second-order valence-electron chi connectivity index (χ2n) is 5.71. The molecular weight excluding hydrogens is 304 g/mol. The number of piperidine rings is 1. The van der Waals surface area contributed by atoms with Gasteiger partial charge in [0.15, 0.2) is 0 Å². The van der Waals surface area contributed by atoms with Crippen molar-refractivity contribution in [3.05, 3.63) is 28.2 Å². The van der Waals surface area contributed by atoms with Crippen molar-refractivity contribution in [2.75, 3.05) is 19.6 Å². The lowest BCUT2D eigenvalue weighted by Gasteiger charge is -2.46. The van der Waals surface area contributed by atoms with Crippen molar-refractivity contribution in [2.24, 2.45) is 5.73 Å². The molecule has 0 aromatic heterocycles. The molecule has 3 nitrogen and oxygen atoms in total. The third-order valence-electron chi connectivity index (χ3n) is 4.50. The van der Waals surface area contributed by atoms with E-state index in [1.54, 1.807) is 0 Å². The molecule has 2 heterocycles. The van der Waals surface area contributed by atoms with Crippen LogP contribution in [0.3, 0.4) is 0 Å². The summed E-state index contributed by atoms with van der Waals surface area (Å²) >= 11 is 3.50. The first-order chi connectivity index (χ1) is 9.12. The SMILES string of the molecule is CCN1CCC2(CC1)C[C@H](N)c1cc(Br)ccc1O2. The normalized spacial score (nSPS) is 25.9. The molecule has 0 bridgehead atoms. The largest absolute Gasteiger partial charge is 0.487 e. The molecular formula is C15H21BrN2O. The molecule has 3 rings (SSSR count). The molecule has 19 heavy (non-hydrogen) atoms. The standard InChI is InChI=1S/C15H21BrN2O/c1-2-18-7-5-15(6-8-18)10-13(17)12-9-11(16)3-4-14(12)19-15/h3-4,9,13H,2,5-8,10,17H2,1H3/t13-/m0/s1. The maximum absolute atomic E-state index is 6.37. The molecule has 1 aromatic rings. The van der Waals surface area contributed by atoms with Crippen LogP contribution in [-0.2, 0) is 0 Å². The van der Waals surface area contributed by atoms with Gasteiger partial charge < -0.3 is 15.4 Å². The van der Waals surface area contributed by atoms with Gasteiger partial charge in [-0.2, -0.15) is 0 Å². The smallest absolute Gasteiger partial charge is 0.124 e. The number of ether oxygens (including phenoxy) is 1. The van der Waals surface area contributed by atoms with Gasteiger partial charge in [0.2, 0.25) is 0 Å². The Kier molecular flexibility index (Phi) is 3.58. The highest BCUT2D eigenvalue weighted by molar-refractivity contribution is 9.10. The molecule has 1 saturated heterocycles. The lowest BCUT2D eigenvalue weighted by molar-refractivity contribution is -0.0205. The van der Waals surface area contributed by atoms with Crippen LogP contribution in [0, 0.1) is 0 Å². The van der Waals surface area contributed by atoms with Crippen LogP contribution in [0.2, 0.25) is 0 Å². The van der Waals surface area contributed by atoms with Crippen molar-refractivity contribution in [3.8, 4) is 5.75 Å². The number of rotatable bonds is 1. The fourth-order valence-electron chi connectivity index (χ4n) is 3.27. The molecule has 1 fully saturated rings. The van der Waals surface area contributed by atoms with Gasteiger partial charge in [-0.1, -0.05) is 22.9 Å². The summed E-state index contributed by atoms with van der Waals surface area (Å²) in [4.78, 5) is 2.48. The molecule has 2 aliphatic rings. The zero-order valence-electron chi connectivity index (χ0n) is 11.4. The van der Waals surface area contributed by atoms with E-state index >= 15 is 0 Å². The van der Waals surface area contributed by atoms with E-state index in [1.807, 2.05) is 12.1 Å². The number of hydrogen-bond acceptors (Lipinski definition) is 3. The van der Waals surface area contributed by atoms with E-state index in [0.29, 0.717) is 0 Å². The molecule has 0 radical (unpaired) electrons. The molecule has 1 aromatic carbocycles. The van der Waals surface area contributed by atoms with Crippen LogP contribution in [0.5, 0.6) is 5.75 Å². The van der Waals surface area contributed by atoms with Crippen LogP contribution in [0.1, 0.15) is 37.8 Å². The Morgan fingerprint density at radius 3 is 2.84 bits per heavy atom. The van der Waals surface area contributed by atoms with Gasteiger partial charge in [-0.25, -0.2) is 0 Å². The summed E-state index contributed by atoms with van der Waals surface area (Å²) in [7, 11) is 0. The first-order valence-corrected chi connectivity index (χ1v) is 7.87. The maximum Gasteiger partial charge on any atom is 0.124 e. The van der Waals surface area contributed by atoms with Gasteiger partial charge in [-0.05, 0) is 37.6 Å². The van der Waals surface area contributed by atoms with E-state index in [4.69, 9.17) is 10.5 Å². The van der Waals surface area contributed by atoms with Crippen LogP contribution in [0.25, 0.3) is 0 Å². The van der Waals surface area contributed by atoms with Gasteiger partial charge in [-0.15, -0.1) is 0 Å². The summed E-state index contributed by atoms with van der Waals surface area (Å²) in [5, 5.41) is 0. The van der Waals surface area contributed by atoms with Crippen molar-refractivity contribution < 1.29 is 4.74 Å². The van der Waals surface area contributed by atoms with Crippen LogP contribution in [0.4, 0.5) is 0 Å². The minimum Gasteiger partial charge on any atom is -0.487 e. The molecule has 1 atom stereocenters. The van der Waals surface area contributed by atoms with Gasteiger partial charge in [0.25, 0.3) is 0 Å². The minimum atomic E-state index is -0.0358. The molecule has 104 valence electrons. The monoisotopic (exact) mass is 324 g/mol. The Morgan fingerprint density at radius 1 is 1.42 bits per heavy atom. The number of likely N-dealkylation sites (tertiary alicyclic amines) is 1. The lowest BCUT2D eigenvalue weighted by atomic mass is 9.81.